The third kappa shape index (κ3) is 3.90. The molecule has 158 valence electrons. The lowest BCUT2D eigenvalue weighted by molar-refractivity contribution is 0.0946. The molecule has 0 spiro atoms. The average Bonchev–Trinajstić information content (AvgIpc) is 3.57. The zero-order valence-corrected chi connectivity index (χ0v) is 17.7. The lowest BCUT2D eigenvalue weighted by atomic mass is 9.96. The van der Waals surface area contributed by atoms with Gasteiger partial charge in [0.25, 0.3) is 5.91 Å². The molecule has 7 nitrogen and oxygen atoms in total. The molecule has 1 aliphatic heterocycles. The number of nitrogens with two attached hydrogens (primary N) is 1. The van der Waals surface area contributed by atoms with Crippen LogP contribution in [0.25, 0.3) is 22.5 Å². The van der Waals surface area contributed by atoms with Crippen LogP contribution in [0.3, 0.4) is 0 Å². The van der Waals surface area contributed by atoms with E-state index in [0.717, 1.165) is 36.0 Å². The Hall–Kier alpha value is -3.26. The van der Waals surface area contributed by atoms with E-state index in [9.17, 15) is 13.2 Å². The Labute approximate surface area is 180 Å². The summed E-state index contributed by atoms with van der Waals surface area (Å²) < 4.78 is 25.0. The molecular weight excluding hydrogens is 412 g/mol. The number of sulfone groups is 1. The summed E-state index contributed by atoms with van der Waals surface area (Å²) in [6.45, 7) is 0.604. The Balaban J connectivity index is 1.47. The van der Waals surface area contributed by atoms with E-state index >= 15 is 0 Å². The summed E-state index contributed by atoms with van der Waals surface area (Å²) in [4.78, 5) is 21.3. The van der Waals surface area contributed by atoms with Gasteiger partial charge >= 0.3 is 0 Å². The molecule has 3 aromatic rings. The van der Waals surface area contributed by atoms with Gasteiger partial charge in [-0.15, -0.1) is 0 Å². The molecule has 0 radical (unpaired) electrons. The SMILES string of the molecule is Nc1ncc(-c2ccc(S(=O)(=O)CC3CC3)cc2)nc1-c1ccc2c(c1)CCNC2=O. The van der Waals surface area contributed by atoms with E-state index in [-0.39, 0.29) is 11.7 Å². The molecule has 2 aromatic carbocycles. The number of carbonyl (C=O) groups is 1. The van der Waals surface area contributed by atoms with Gasteiger partial charge in [0.05, 0.1) is 22.5 Å². The van der Waals surface area contributed by atoms with Crippen molar-refractivity contribution in [2.75, 3.05) is 18.0 Å². The number of hydrogen-bond acceptors (Lipinski definition) is 6. The van der Waals surface area contributed by atoms with Crippen LogP contribution in [0.1, 0.15) is 28.8 Å². The lowest BCUT2D eigenvalue weighted by Gasteiger charge is -2.17. The van der Waals surface area contributed by atoms with Gasteiger partial charge in [0.1, 0.15) is 11.5 Å². The lowest BCUT2D eigenvalue weighted by Crippen LogP contribution is -2.31. The molecule has 1 aliphatic carbocycles. The van der Waals surface area contributed by atoms with Crippen LogP contribution in [0.5, 0.6) is 0 Å². The largest absolute Gasteiger partial charge is 0.382 e. The number of anilines is 1. The molecule has 1 fully saturated rings. The molecule has 0 unspecified atom stereocenters. The van der Waals surface area contributed by atoms with Gasteiger partial charge in [-0.05, 0) is 55.0 Å². The predicted molar refractivity (Wildman–Crippen MR) is 118 cm³/mol. The summed E-state index contributed by atoms with van der Waals surface area (Å²) in [6.07, 6.45) is 4.32. The van der Waals surface area contributed by atoms with Crippen molar-refractivity contribution >= 4 is 21.6 Å². The van der Waals surface area contributed by atoms with Crippen molar-refractivity contribution in [3.05, 3.63) is 59.8 Å². The molecule has 5 rings (SSSR count). The molecule has 0 atom stereocenters. The summed E-state index contributed by atoms with van der Waals surface area (Å²) >= 11 is 0. The van der Waals surface area contributed by atoms with Crippen molar-refractivity contribution in [3.63, 3.8) is 0 Å². The molecule has 2 heterocycles. The normalized spacial score (nSPS) is 15.9. The number of benzene rings is 2. The summed E-state index contributed by atoms with van der Waals surface area (Å²) in [5.41, 5.74) is 10.4. The Bertz CT molecular complexity index is 1280. The maximum atomic E-state index is 12.5. The minimum Gasteiger partial charge on any atom is -0.382 e. The first-order valence-corrected chi connectivity index (χ1v) is 11.9. The molecule has 31 heavy (non-hydrogen) atoms. The summed E-state index contributed by atoms with van der Waals surface area (Å²) in [6, 6.07) is 12.3. The molecule has 3 N–H and O–H groups in total. The van der Waals surface area contributed by atoms with E-state index in [4.69, 9.17) is 10.7 Å². The highest BCUT2D eigenvalue weighted by molar-refractivity contribution is 7.91. The fraction of sp³-hybridized carbons (Fsp3) is 0.261. The van der Waals surface area contributed by atoms with E-state index in [1.807, 2.05) is 12.1 Å². The van der Waals surface area contributed by atoms with Crippen molar-refractivity contribution in [1.29, 1.82) is 0 Å². The number of nitrogens with one attached hydrogen (secondary N) is 1. The van der Waals surface area contributed by atoms with Crippen LogP contribution in [-0.4, -0.2) is 36.6 Å². The van der Waals surface area contributed by atoms with Gasteiger partial charge in [0.2, 0.25) is 0 Å². The predicted octanol–water partition coefficient (Wildman–Crippen LogP) is 2.86. The van der Waals surface area contributed by atoms with Gasteiger partial charge in [0, 0.05) is 23.2 Å². The van der Waals surface area contributed by atoms with E-state index < -0.39 is 9.84 Å². The first-order valence-electron chi connectivity index (χ1n) is 10.3. The van der Waals surface area contributed by atoms with Crippen molar-refractivity contribution in [1.82, 2.24) is 15.3 Å². The van der Waals surface area contributed by atoms with Crippen LogP contribution in [0.2, 0.25) is 0 Å². The van der Waals surface area contributed by atoms with Gasteiger partial charge in [-0.3, -0.25) is 4.79 Å². The number of nitrogens with zero attached hydrogens (tertiary/aromatic N) is 2. The maximum Gasteiger partial charge on any atom is 0.251 e. The van der Waals surface area contributed by atoms with Crippen molar-refractivity contribution in [3.8, 4) is 22.5 Å². The van der Waals surface area contributed by atoms with Crippen LogP contribution < -0.4 is 11.1 Å². The first kappa shape index (κ1) is 19.7. The second kappa shape index (κ2) is 7.46. The Morgan fingerprint density at radius 1 is 1.06 bits per heavy atom. The van der Waals surface area contributed by atoms with Crippen molar-refractivity contribution in [2.45, 2.75) is 24.2 Å². The van der Waals surface area contributed by atoms with Crippen molar-refractivity contribution in [2.24, 2.45) is 5.92 Å². The fourth-order valence-corrected chi connectivity index (χ4v) is 5.55. The Kier molecular flexibility index (Phi) is 4.74. The van der Waals surface area contributed by atoms with E-state index in [2.05, 4.69) is 10.3 Å². The smallest absolute Gasteiger partial charge is 0.251 e. The fourth-order valence-electron chi connectivity index (χ4n) is 3.85. The zero-order valence-electron chi connectivity index (χ0n) is 16.8. The second-order valence-corrected chi connectivity index (χ2v) is 10.2. The Morgan fingerprint density at radius 2 is 1.81 bits per heavy atom. The molecule has 0 saturated heterocycles. The van der Waals surface area contributed by atoms with Crippen LogP contribution in [0.4, 0.5) is 5.82 Å². The molecule has 1 aromatic heterocycles. The molecule has 8 heteroatoms. The highest BCUT2D eigenvalue weighted by Crippen LogP contribution is 2.33. The number of carbonyl (C=O) groups excluding carboxylic acids is 1. The monoisotopic (exact) mass is 434 g/mol. The molecule has 1 saturated carbocycles. The minimum atomic E-state index is -3.26. The third-order valence-corrected chi connectivity index (χ3v) is 7.67. The Morgan fingerprint density at radius 3 is 2.55 bits per heavy atom. The number of nitrogen functional groups attached to an aromatic ring is 1. The summed E-state index contributed by atoms with van der Waals surface area (Å²) in [7, 11) is -3.26. The minimum absolute atomic E-state index is 0.0719. The van der Waals surface area contributed by atoms with Crippen LogP contribution in [0, 0.1) is 5.92 Å². The number of amides is 1. The highest BCUT2D eigenvalue weighted by atomic mass is 32.2. The molecular formula is C23H22N4O3S. The van der Waals surface area contributed by atoms with Gasteiger partial charge in [-0.25, -0.2) is 18.4 Å². The number of aromatic nitrogens is 2. The summed E-state index contributed by atoms with van der Waals surface area (Å²) in [5.74, 6) is 0.747. The van der Waals surface area contributed by atoms with Crippen LogP contribution in [0.15, 0.2) is 53.6 Å². The average molecular weight is 435 g/mol. The molecule has 2 aliphatic rings. The van der Waals surface area contributed by atoms with Crippen molar-refractivity contribution < 1.29 is 13.2 Å². The topological polar surface area (TPSA) is 115 Å². The summed E-state index contributed by atoms with van der Waals surface area (Å²) in [5, 5.41) is 2.83. The maximum absolute atomic E-state index is 12.5. The van der Waals surface area contributed by atoms with Crippen LogP contribution in [-0.2, 0) is 16.3 Å². The molecule has 0 bridgehead atoms. The standard InChI is InChI=1S/C23H22N4O3S/c24-22-21(17-5-8-19-16(11-17)9-10-25-23(19)28)27-20(12-26-22)15-3-6-18(7-4-15)31(29,30)13-14-1-2-14/h3-8,11-12,14H,1-2,9-10,13H2,(H2,24,26)(H,25,28). The quantitative estimate of drug-likeness (QED) is 0.638. The van der Waals surface area contributed by atoms with Crippen LogP contribution >= 0.6 is 0 Å². The molecule has 1 amide bonds. The number of hydrogen-bond donors (Lipinski definition) is 2. The second-order valence-electron chi connectivity index (χ2n) is 8.12. The van der Waals surface area contributed by atoms with Gasteiger partial charge in [-0.2, -0.15) is 0 Å². The van der Waals surface area contributed by atoms with E-state index in [1.54, 1.807) is 36.5 Å². The highest BCUT2D eigenvalue weighted by Gasteiger charge is 2.29. The third-order valence-electron chi connectivity index (χ3n) is 5.77. The first-order chi connectivity index (χ1) is 14.9. The zero-order chi connectivity index (χ0) is 21.6. The van der Waals surface area contributed by atoms with Gasteiger partial charge in [0.15, 0.2) is 9.84 Å². The number of fused-ring (bicyclic) bond motifs is 1. The van der Waals surface area contributed by atoms with E-state index in [1.165, 1.54) is 0 Å². The van der Waals surface area contributed by atoms with Gasteiger partial charge < -0.3 is 11.1 Å². The van der Waals surface area contributed by atoms with E-state index in [0.29, 0.717) is 40.1 Å². The number of rotatable bonds is 5. The van der Waals surface area contributed by atoms with Gasteiger partial charge in [-0.1, -0.05) is 18.2 Å².